The molecule has 0 bridgehead atoms. The fourth-order valence-corrected chi connectivity index (χ4v) is 4.75. The number of hydrogen-bond acceptors (Lipinski definition) is 3. The van der Waals surface area contributed by atoms with Gasteiger partial charge in [-0.3, -0.25) is 0 Å². The van der Waals surface area contributed by atoms with Crippen molar-refractivity contribution in [3.63, 3.8) is 0 Å². The molecule has 1 unspecified atom stereocenters. The highest BCUT2D eigenvalue weighted by molar-refractivity contribution is 5.91. The normalized spacial score (nSPS) is 18.1. The van der Waals surface area contributed by atoms with Crippen LogP contribution in [0.15, 0.2) is 66.7 Å². The van der Waals surface area contributed by atoms with Crippen LogP contribution in [0.5, 0.6) is 11.5 Å². The standard InChI is InChI=1S/C26H23F2NO2/c1-15-14-26(2,3)29-18-13-12-17-22-19(10-7-11-20(22)31-25(27)28)30-24(23(17)21(15)18)16-8-5-4-6-9-16/h4-14,24-25,29H,1-3H3. The fraction of sp³-hybridized carbons (Fsp3) is 0.231. The second kappa shape index (κ2) is 7.12. The van der Waals surface area contributed by atoms with E-state index in [0.717, 1.165) is 33.5 Å². The molecule has 0 saturated heterocycles. The van der Waals surface area contributed by atoms with E-state index < -0.39 is 6.61 Å². The molecule has 0 aliphatic carbocycles. The van der Waals surface area contributed by atoms with Crippen molar-refractivity contribution in [2.45, 2.75) is 39.0 Å². The Labute approximate surface area is 180 Å². The first-order valence-electron chi connectivity index (χ1n) is 10.3. The van der Waals surface area contributed by atoms with Crippen LogP contribution in [-0.4, -0.2) is 12.2 Å². The molecule has 0 spiro atoms. The van der Waals surface area contributed by atoms with Crippen LogP contribution in [0.1, 0.15) is 43.6 Å². The van der Waals surface area contributed by atoms with Gasteiger partial charge in [0.2, 0.25) is 0 Å². The van der Waals surface area contributed by atoms with Gasteiger partial charge in [-0.25, -0.2) is 0 Å². The molecule has 2 heterocycles. The predicted molar refractivity (Wildman–Crippen MR) is 119 cm³/mol. The lowest BCUT2D eigenvalue weighted by molar-refractivity contribution is -0.0496. The highest BCUT2D eigenvalue weighted by Gasteiger charge is 2.35. The van der Waals surface area contributed by atoms with Gasteiger partial charge in [-0.1, -0.05) is 48.5 Å². The largest absolute Gasteiger partial charge is 0.480 e. The number of anilines is 1. The molecule has 3 aromatic carbocycles. The minimum absolute atomic E-state index is 0.117. The van der Waals surface area contributed by atoms with Crippen molar-refractivity contribution in [2.24, 2.45) is 0 Å². The Hall–Kier alpha value is -3.34. The van der Waals surface area contributed by atoms with Crippen molar-refractivity contribution in [2.75, 3.05) is 5.32 Å². The summed E-state index contributed by atoms with van der Waals surface area (Å²) >= 11 is 0. The molecule has 0 radical (unpaired) electrons. The Balaban J connectivity index is 1.81. The van der Waals surface area contributed by atoms with Gasteiger partial charge < -0.3 is 14.8 Å². The predicted octanol–water partition coefficient (Wildman–Crippen LogP) is 7.04. The van der Waals surface area contributed by atoms with E-state index in [1.165, 1.54) is 0 Å². The lowest BCUT2D eigenvalue weighted by atomic mass is 9.80. The molecule has 0 amide bonds. The van der Waals surface area contributed by atoms with E-state index in [1.54, 1.807) is 18.2 Å². The van der Waals surface area contributed by atoms with E-state index in [1.807, 2.05) is 42.5 Å². The van der Waals surface area contributed by atoms with Gasteiger partial charge in [0.15, 0.2) is 6.10 Å². The maximum atomic E-state index is 13.1. The van der Waals surface area contributed by atoms with Crippen LogP contribution in [0.3, 0.4) is 0 Å². The molecule has 0 saturated carbocycles. The Morgan fingerprint density at radius 3 is 2.48 bits per heavy atom. The van der Waals surface area contributed by atoms with E-state index in [-0.39, 0.29) is 17.4 Å². The Kier molecular flexibility index (Phi) is 4.50. The van der Waals surface area contributed by atoms with Crippen LogP contribution in [0.2, 0.25) is 0 Å². The second-order valence-corrected chi connectivity index (χ2v) is 8.54. The number of fused-ring (bicyclic) bond motifs is 5. The summed E-state index contributed by atoms with van der Waals surface area (Å²) in [7, 11) is 0. The molecule has 0 aromatic heterocycles. The zero-order valence-corrected chi connectivity index (χ0v) is 17.6. The van der Waals surface area contributed by atoms with Crippen molar-refractivity contribution in [1.29, 1.82) is 0 Å². The number of benzene rings is 3. The lowest BCUT2D eigenvalue weighted by Crippen LogP contribution is -2.32. The van der Waals surface area contributed by atoms with E-state index in [4.69, 9.17) is 9.47 Å². The average Bonchev–Trinajstić information content (AvgIpc) is 2.72. The van der Waals surface area contributed by atoms with Crippen molar-refractivity contribution in [3.05, 3.63) is 83.4 Å². The Morgan fingerprint density at radius 2 is 1.74 bits per heavy atom. The molecule has 5 heteroatoms. The molecular weight excluding hydrogens is 396 g/mol. The van der Waals surface area contributed by atoms with Gasteiger partial charge in [-0.2, -0.15) is 8.78 Å². The first-order chi connectivity index (χ1) is 14.8. The summed E-state index contributed by atoms with van der Waals surface area (Å²) in [6.45, 7) is 3.41. The van der Waals surface area contributed by atoms with Gasteiger partial charge in [-0.05, 0) is 55.7 Å². The van der Waals surface area contributed by atoms with Crippen molar-refractivity contribution in [3.8, 4) is 22.6 Å². The Bertz CT molecular complexity index is 1190. The van der Waals surface area contributed by atoms with Crippen LogP contribution < -0.4 is 14.8 Å². The molecule has 31 heavy (non-hydrogen) atoms. The highest BCUT2D eigenvalue weighted by atomic mass is 19.3. The van der Waals surface area contributed by atoms with Gasteiger partial charge >= 0.3 is 6.61 Å². The smallest absolute Gasteiger partial charge is 0.387 e. The molecule has 1 atom stereocenters. The maximum Gasteiger partial charge on any atom is 0.387 e. The average molecular weight is 419 g/mol. The number of nitrogens with one attached hydrogen (secondary N) is 1. The summed E-state index contributed by atoms with van der Waals surface area (Å²) in [5, 5.41) is 3.58. The highest BCUT2D eigenvalue weighted by Crippen LogP contribution is 2.53. The van der Waals surface area contributed by atoms with Crippen LogP contribution in [0.4, 0.5) is 14.5 Å². The minimum Gasteiger partial charge on any atom is -0.480 e. The first kappa shape index (κ1) is 19.6. The number of allylic oxidation sites excluding steroid dienone is 1. The van der Waals surface area contributed by atoms with Gasteiger partial charge in [-0.15, -0.1) is 0 Å². The van der Waals surface area contributed by atoms with E-state index in [2.05, 4.69) is 32.2 Å². The number of ether oxygens (including phenoxy) is 2. The summed E-state index contributed by atoms with van der Waals surface area (Å²) in [5.41, 5.74) is 6.34. The van der Waals surface area contributed by atoms with Gasteiger partial charge in [0.05, 0.1) is 11.1 Å². The molecular formula is C26H23F2NO2. The number of hydrogen-bond donors (Lipinski definition) is 1. The summed E-state index contributed by atoms with van der Waals surface area (Å²) in [6.07, 6.45) is 1.82. The van der Waals surface area contributed by atoms with Crippen molar-refractivity contribution >= 4 is 11.3 Å². The SMILES string of the molecule is CC1=CC(C)(C)Nc2ccc3c(c21)C(c1ccccc1)Oc1cccc(OC(F)F)c1-3. The van der Waals surface area contributed by atoms with Crippen LogP contribution in [-0.2, 0) is 0 Å². The summed E-state index contributed by atoms with van der Waals surface area (Å²) < 4.78 is 37.6. The topological polar surface area (TPSA) is 30.5 Å². The van der Waals surface area contributed by atoms with Gasteiger partial charge in [0, 0.05) is 16.8 Å². The third-order valence-corrected chi connectivity index (χ3v) is 5.76. The molecule has 3 nitrogen and oxygen atoms in total. The first-order valence-corrected chi connectivity index (χ1v) is 10.3. The third kappa shape index (κ3) is 3.34. The van der Waals surface area contributed by atoms with E-state index in [9.17, 15) is 8.78 Å². The van der Waals surface area contributed by atoms with Crippen molar-refractivity contribution < 1.29 is 18.3 Å². The molecule has 3 aromatic rings. The monoisotopic (exact) mass is 419 g/mol. The number of alkyl halides is 2. The van der Waals surface area contributed by atoms with E-state index >= 15 is 0 Å². The lowest BCUT2D eigenvalue weighted by Gasteiger charge is -2.37. The molecule has 2 aliphatic rings. The molecule has 1 N–H and O–H groups in total. The zero-order chi connectivity index (χ0) is 21.8. The molecule has 5 rings (SSSR count). The molecule has 0 fully saturated rings. The summed E-state index contributed by atoms with van der Waals surface area (Å²) in [6, 6.07) is 19.0. The van der Waals surface area contributed by atoms with Crippen LogP contribution >= 0.6 is 0 Å². The molecule has 158 valence electrons. The zero-order valence-electron chi connectivity index (χ0n) is 17.6. The fourth-order valence-electron chi connectivity index (χ4n) is 4.75. The van der Waals surface area contributed by atoms with Crippen molar-refractivity contribution in [1.82, 2.24) is 0 Å². The Morgan fingerprint density at radius 1 is 0.968 bits per heavy atom. The van der Waals surface area contributed by atoms with Crippen LogP contribution in [0.25, 0.3) is 16.7 Å². The van der Waals surface area contributed by atoms with E-state index in [0.29, 0.717) is 11.3 Å². The molecule has 2 aliphatic heterocycles. The summed E-state index contributed by atoms with van der Waals surface area (Å²) in [5.74, 6) is 0.649. The maximum absolute atomic E-state index is 13.1. The minimum atomic E-state index is -2.91. The third-order valence-electron chi connectivity index (χ3n) is 5.76. The second-order valence-electron chi connectivity index (χ2n) is 8.54. The number of halogens is 2. The van der Waals surface area contributed by atoms with Crippen LogP contribution in [0, 0.1) is 0 Å². The summed E-state index contributed by atoms with van der Waals surface area (Å²) in [4.78, 5) is 0. The van der Waals surface area contributed by atoms with Gasteiger partial charge in [0.25, 0.3) is 0 Å². The number of rotatable bonds is 3. The van der Waals surface area contributed by atoms with Gasteiger partial charge in [0.1, 0.15) is 11.5 Å². The quantitative estimate of drug-likeness (QED) is 0.494.